The van der Waals surface area contributed by atoms with Crippen molar-refractivity contribution in [2.45, 2.75) is 50.8 Å². The molecule has 31 heavy (non-hydrogen) atoms. The lowest BCUT2D eigenvalue weighted by molar-refractivity contribution is -0.114. The first-order valence-corrected chi connectivity index (χ1v) is 12.7. The number of thiazole rings is 1. The molecule has 0 radical (unpaired) electrons. The average Bonchev–Trinajstić information content (AvgIpc) is 3.19. The zero-order valence-corrected chi connectivity index (χ0v) is 19.4. The average molecular weight is 458 g/mol. The second-order valence-electron chi connectivity index (χ2n) is 7.36. The van der Waals surface area contributed by atoms with E-state index >= 15 is 0 Å². The summed E-state index contributed by atoms with van der Waals surface area (Å²) >= 11 is 1.32. The molecule has 0 aliphatic carbocycles. The van der Waals surface area contributed by atoms with E-state index in [1.807, 2.05) is 23.6 Å². The molecule has 0 unspecified atom stereocenters. The lowest BCUT2D eigenvalue weighted by Crippen LogP contribution is -2.13. The molecule has 2 N–H and O–H groups in total. The summed E-state index contributed by atoms with van der Waals surface area (Å²) in [6.45, 7) is 3.61. The van der Waals surface area contributed by atoms with Gasteiger partial charge >= 0.3 is 0 Å². The van der Waals surface area contributed by atoms with Gasteiger partial charge in [-0.15, -0.1) is 11.3 Å². The van der Waals surface area contributed by atoms with Crippen LogP contribution in [0.15, 0.2) is 58.8 Å². The highest BCUT2D eigenvalue weighted by Gasteiger charge is 2.15. The Morgan fingerprint density at radius 2 is 1.84 bits per heavy atom. The van der Waals surface area contributed by atoms with Crippen molar-refractivity contribution in [3.05, 3.63) is 59.5 Å². The predicted octanol–water partition coefficient (Wildman–Crippen LogP) is 5.69. The summed E-state index contributed by atoms with van der Waals surface area (Å²) in [7, 11) is -3.69. The number of aromatic nitrogens is 1. The van der Waals surface area contributed by atoms with Crippen molar-refractivity contribution in [1.82, 2.24) is 4.98 Å². The summed E-state index contributed by atoms with van der Waals surface area (Å²) < 4.78 is 28.3. The number of hydrogen-bond donors (Lipinski definition) is 2. The molecule has 2 aromatic carbocycles. The Bertz CT molecular complexity index is 1120. The van der Waals surface area contributed by atoms with Gasteiger partial charge in [-0.2, -0.15) is 0 Å². The number of rotatable bonds is 10. The standard InChI is InChI=1S/C23H27N3O3S2/c1-3-4-5-6-8-18-11-13-21(14-12-18)31(28,29)26-20-10-7-9-19(15-20)22-16-30-23(25-22)24-17(2)27/h7,9-16,26H,3-6,8H2,1-2H3,(H,24,25,27). The van der Waals surface area contributed by atoms with Crippen LogP contribution in [0.4, 0.5) is 10.8 Å². The molecule has 1 amide bonds. The van der Waals surface area contributed by atoms with Gasteiger partial charge in [-0.3, -0.25) is 9.52 Å². The molecule has 0 atom stereocenters. The number of carbonyl (C=O) groups is 1. The molecule has 0 bridgehead atoms. The molecule has 0 spiro atoms. The quantitative estimate of drug-likeness (QED) is 0.383. The van der Waals surface area contributed by atoms with Crippen molar-refractivity contribution in [2.24, 2.45) is 0 Å². The molecule has 1 aromatic heterocycles. The topological polar surface area (TPSA) is 88.2 Å². The number of amides is 1. The van der Waals surface area contributed by atoms with E-state index in [0.29, 0.717) is 16.5 Å². The van der Waals surface area contributed by atoms with Gasteiger partial charge in [-0.05, 0) is 42.7 Å². The van der Waals surface area contributed by atoms with Crippen molar-refractivity contribution in [3.63, 3.8) is 0 Å². The molecule has 8 heteroatoms. The SMILES string of the molecule is CCCCCCc1ccc(S(=O)(=O)Nc2cccc(-c3csc(NC(C)=O)n3)c2)cc1. The fourth-order valence-electron chi connectivity index (χ4n) is 3.16. The fraction of sp³-hybridized carbons (Fsp3) is 0.304. The predicted molar refractivity (Wildman–Crippen MR) is 127 cm³/mol. The number of carbonyl (C=O) groups excluding carboxylic acids is 1. The maximum Gasteiger partial charge on any atom is 0.261 e. The Labute approximate surface area is 187 Å². The minimum Gasteiger partial charge on any atom is -0.302 e. The Morgan fingerprint density at radius 3 is 2.55 bits per heavy atom. The van der Waals surface area contributed by atoms with E-state index in [-0.39, 0.29) is 10.8 Å². The van der Waals surface area contributed by atoms with Crippen molar-refractivity contribution in [3.8, 4) is 11.3 Å². The second-order valence-corrected chi connectivity index (χ2v) is 9.90. The monoisotopic (exact) mass is 457 g/mol. The van der Waals surface area contributed by atoms with Crippen LogP contribution < -0.4 is 10.0 Å². The minimum atomic E-state index is -3.69. The summed E-state index contributed by atoms with van der Waals surface area (Å²) in [5.41, 5.74) is 3.03. The molecule has 1 heterocycles. The smallest absolute Gasteiger partial charge is 0.261 e. The van der Waals surface area contributed by atoms with E-state index in [1.165, 1.54) is 37.5 Å². The van der Waals surface area contributed by atoms with Crippen LogP contribution in [0.25, 0.3) is 11.3 Å². The normalized spacial score (nSPS) is 11.3. The maximum atomic E-state index is 12.8. The lowest BCUT2D eigenvalue weighted by atomic mass is 10.1. The number of benzene rings is 2. The fourth-order valence-corrected chi connectivity index (χ4v) is 4.98. The number of unbranched alkanes of at least 4 members (excludes halogenated alkanes) is 3. The first kappa shape index (κ1) is 23.0. The van der Waals surface area contributed by atoms with Gasteiger partial charge in [0.15, 0.2) is 5.13 Å². The summed E-state index contributed by atoms with van der Waals surface area (Å²) in [5.74, 6) is -0.186. The molecule has 0 aliphatic heterocycles. The minimum absolute atomic E-state index is 0.186. The lowest BCUT2D eigenvalue weighted by Gasteiger charge is -2.10. The van der Waals surface area contributed by atoms with Crippen LogP contribution in [0, 0.1) is 0 Å². The molecule has 0 fully saturated rings. The van der Waals surface area contributed by atoms with Gasteiger partial charge in [0.25, 0.3) is 10.0 Å². The van der Waals surface area contributed by atoms with E-state index in [1.54, 1.807) is 30.3 Å². The summed E-state index contributed by atoms with van der Waals surface area (Å²) in [6.07, 6.45) is 5.70. The van der Waals surface area contributed by atoms with Crippen molar-refractivity contribution in [2.75, 3.05) is 10.0 Å². The van der Waals surface area contributed by atoms with Crippen LogP contribution in [-0.2, 0) is 21.2 Å². The van der Waals surface area contributed by atoms with E-state index in [2.05, 4.69) is 21.9 Å². The maximum absolute atomic E-state index is 12.8. The Hall–Kier alpha value is -2.71. The van der Waals surface area contributed by atoms with Crippen molar-refractivity contribution >= 4 is 38.1 Å². The Balaban J connectivity index is 1.69. The third kappa shape index (κ3) is 6.63. The van der Waals surface area contributed by atoms with E-state index < -0.39 is 10.0 Å². The van der Waals surface area contributed by atoms with Crippen molar-refractivity contribution < 1.29 is 13.2 Å². The molecule has 6 nitrogen and oxygen atoms in total. The van der Waals surface area contributed by atoms with Crippen LogP contribution in [-0.4, -0.2) is 19.3 Å². The number of hydrogen-bond acceptors (Lipinski definition) is 5. The summed E-state index contributed by atoms with van der Waals surface area (Å²) in [5, 5.41) is 4.97. The first-order chi connectivity index (χ1) is 14.9. The number of nitrogens with zero attached hydrogens (tertiary/aromatic N) is 1. The van der Waals surface area contributed by atoms with Gasteiger partial charge in [0, 0.05) is 23.6 Å². The Morgan fingerprint density at radius 1 is 1.06 bits per heavy atom. The summed E-state index contributed by atoms with van der Waals surface area (Å²) in [4.78, 5) is 15.8. The molecule has 3 aromatic rings. The third-order valence-electron chi connectivity index (χ3n) is 4.75. The molecule has 164 valence electrons. The van der Waals surface area contributed by atoms with Crippen LogP contribution in [0.3, 0.4) is 0 Å². The van der Waals surface area contributed by atoms with Gasteiger partial charge in [-0.25, -0.2) is 13.4 Å². The van der Waals surface area contributed by atoms with E-state index in [4.69, 9.17) is 0 Å². The highest BCUT2D eigenvalue weighted by molar-refractivity contribution is 7.92. The van der Waals surface area contributed by atoms with E-state index in [9.17, 15) is 13.2 Å². The molecular weight excluding hydrogens is 430 g/mol. The molecular formula is C23H27N3O3S2. The van der Waals surface area contributed by atoms with E-state index in [0.717, 1.165) is 24.0 Å². The highest BCUT2D eigenvalue weighted by Crippen LogP contribution is 2.27. The highest BCUT2D eigenvalue weighted by atomic mass is 32.2. The molecule has 0 aliphatic rings. The van der Waals surface area contributed by atoms with Gasteiger partial charge in [0.05, 0.1) is 10.6 Å². The molecule has 0 saturated heterocycles. The Kier molecular flexibility index (Phi) is 7.81. The molecule has 0 saturated carbocycles. The second kappa shape index (κ2) is 10.5. The number of nitrogens with one attached hydrogen (secondary N) is 2. The van der Waals surface area contributed by atoms with Crippen LogP contribution in [0.1, 0.15) is 45.1 Å². The van der Waals surface area contributed by atoms with Crippen molar-refractivity contribution in [1.29, 1.82) is 0 Å². The van der Waals surface area contributed by atoms with Crippen LogP contribution in [0.2, 0.25) is 0 Å². The molecule has 3 rings (SSSR count). The van der Waals surface area contributed by atoms with Crippen LogP contribution in [0.5, 0.6) is 0 Å². The van der Waals surface area contributed by atoms with Crippen LogP contribution >= 0.6 is 11.3 Å². The largest absolute Gasteiger partial charge is 0.302 e. The zero-order valence-electron chi connectivity index (χ0n) is 17.7. The zero-order chi connectivity index (χ0) is 22.3. The van der Waals surface area contributed by atoms with Gasteiger partial charge in [-0.1, -0.05) is 50.5 Å². The number of aryl methyl sites for hydroxylation is 1. The number of anilines is 2. The summed E-state index contributed by atoms with van der Waals surface area (Å²) in [6, 6.07) is 14.1. The van der Waals surface area contributed by atoms with Gasteiger partial charge < -0.3 is 5.32 Å². The van der Waals surface area contributed by atoms with Gasteiger partial charge in [0.2, 0.25) is 5.91 Å². The van der Waals surface area contributed by atoms with Gasteiger partial charge in [0.1, 0.15) is 0 Å². The number of sulfonamides is 1. The third-order valence-corrected chi connectivity index (χ3v) is 6.91. The first-order valence-electron chi connectivity index (χ1n) is 10.3.